The second-order valence-electron chi connectivity index (χ2n) is 42.2. The van der Waals surface area contributed by atoms with Crippen molar-refractivity contribution in [3.05, 3.63) is 0 Å². The van der Waals surface area contributed by atoms with Gasteiger partial charge in [0.1, 0.15) is 0 Å². The summed E-state index contributed by atoms with van der Waals surface area (Å²) in [5, 5.41) is 7.10. The van der Waals surface area contributed by atoms with Gasteiger partial charge in [-0.25, -0.2) is 0 Å². The molecule has 8 aliphatic heterocycles. The third kappa shape index (κ3) is 64.4. The average molecular weight is 1660 g/mol. The maximum atomic E-state index is 3.57. The summed E-state index contributed by atoms with van der Waals surface area (Å²) >= 11 is 0. The van der Waals surface area contributed by atoms with Crippen molar-refractivity contribution >= 4 is 0 Å². The van der Waals surface area contributed by atoms with Gasteiger partial charge in [0, 0.05) is 86.1 Å². The van der Waals surface area contributed by atoms with E-state index in [9.17, 15) is 0 Å². The Morgan fingerprint density at radius 3 is 0.940 bits per heavy atom. The van der Waals surface area contributed by atoms with Crippen LogP contribution >= 0.6 is 0 Å². The predicted octanol–water partition coefficient (Wildman–Crippen LogP) is 29.7. The number of nitrogens with zero attached hydrogens (tertiary/aromatic N) is 8. The Labute approximate surface area is 743 Å². The summed E-state index contributed by atoms with van der Waals surface area (Å²) in [4.78, 5) is 20.7. The highest BCUT2D eigenvalue weighted by Gasteiger charge is 2.31. The van der Waals surface area contributed by atoms with Gasteiger partial charge in [0.05, 0.1) is 6.17 Å². The molecule has 0 radical (unpaired) electrons. The van der Waals surface area contributed by atoms with E-state index in [1.165, 1.54) is 214 Å². The van der Waals surface area contributed by atoms with Crippen LogP contribution < -0.4 is 10.6 Å². The Hall–Kier alpha value is -0.400. The van der Waals surface area contributed by atoms with Gasteiger partial charge in [-0.05, 0) is 409 Å². The van der Waals surface area contributed by atoms with Crippen molar-refractivity contribution in [1.29, 1.82) is 0 Å². The van der Waals surface area contributed by atoms with Crippen LogP contribution in [0, 0.1) is 88.8 Å². The van der Waals surface area contributed by atoms with E-state index in [4.69, 9.17) is 0 Å². The van der Waals surface area contributed by atoms with E-state index in [0.29, 0.717) is 23.8 Å². The number of hydrogen-bond acceptors (Lipinski definition) is 10. The van der Waals surface area contributed by atoms with Gasteiger partial charge in [-0.1, -0.05) is 197 Å². The van der Waals surface area contributed by atoms with Gasteiger partial charge >= 0.3 is 0 Å². The SMILES string of the molecule is C.C.C.C.C.C.C.C.CC(C)C1CCCN(C(C)C)C1.CC(C)C1CCN(C(C)C)C1.CC(C)C1CCN(C(C)C)CC1.CC(C)C1CCN(C(C)C)CC1.CC(C)CC1CCCN1C(C)C.CC(C)CCN(C)C(C)C.CC(C)N[C@H]1CC[C@@H](C(C)C)CN1.CC(C)[C@@H]1CCCN(C(C)C)C1.CCC.C[C@H]1CCCN(C(C)(C)C)C1. The predicted molar refractivity (Wildman–Crippen MR) is 545 cm³/mol. The van der Waals surface area contributed by atoms with Crippen LogP contribution in [0.25, 0.3) is 0 Å². The van der Waals surface area contributed by atoms with E-state index in [2.05, 4.69) is 320 Å². The third-order valence-corrected chi connectivity index (χ3v) is 26.1. The summed E-state index contributed by atoms with van der Waals surface area (Å²) in [6, 6.07) is 6.64. The van der Waals surface area contributed by atoms with Crippen molar-refractivity contribution in [2.45, 2.75) is 504 Å². The Kier molecular flexibility index (Phi) is 89.1. The molecule has 8 aliphatic rings. The van der Waals surface area contributed by atoms with E-state index in [1.807, 2.05) is 0 Å². The Morgan fingerprint density at radius 2 is 0.681 bits per heavy atom. The smallest absolute Gasteiger partial charge is 0.0573 e. The van der Waals surface area contributed by atoms with Crippen LogP contribution in [0.4, 0.5) is 0 Å². The van der Waals surface area contributed by atoms with Crippen LogP contribution in [0.3, 0.4) is 0 Å². The zero-order valence-electron chi connectivity index (χ0n) is 81.8. The van der Waals surface area contributed by atoms with E-state index < -0.39 is 0 Å². The maximum Gasteiger partial charge on any atom is 0.0573 e. The highest BCUT2D eigenvalue weighted by molar-refractivity contribution is 4.86. The molecular weight excluding hydrogens is 1410 g/mol. The number of hydrogen-bond donors (Lipinski definition) is 2. The lowest BCUT2D eigenvalue weighted by Gasteiger charge is -2.40. The standard InChI is InChI=1S/C11H24N2.5C11H23N.2C10H21N.C9H21N.C3H8.8CH4/c1-8(2)10-5-6-11(12-7-10)13-9(3)4;2*1-9(2)11-5-7-12(8-6-11)10(3)4;2*1-9(2)11-6-5-7-12(8-11)10(3)4;1-9(2)8-11-6-5-7-12(11)10(3)4;1-8(2)10-5-6-11(7-10)9(3)4;1-9-6-5-7-11(8-9)10(2,3)4;1-8(2)6-7-10(5)9(3)4;1-3-2;;;;;;;;/h8-13H,5-7H2,1-4H3;5*9-11H,5-8H2,1-4H3;8-10H,5-7H2,1-4H3;9H,5-8H2,1-4H3;8-9H,6-7H2,1-5H3;3H2,1-2H3;8*1H4/t10-,11+;;;11-;;;;9-;;;;;;;;;;/m1..1...0........../s1. The van der Waals surface area contributed by atoms with Crippen LogP contribution in [0.1, 0.15) is 438 Å². The lowest BCUT2D eigenvalue weighted by atomic mass is 9.86. The first-order chi connectivity index (χ1) is 50.2. The lowest BCUT2D eigenvalue weighted by molar-refractivity contribution is 0.0843. The summed E-state index contributed by atoms with van der Waals surface area (Å²) in [7, 11) is 2.19. The molecule has 8 rings (SSSR count). The molecular formula is C106H242N10. The molecule has 8 heterocycles. The minimum atomic E-state index is 0. The van der Waals surface area contributed by atoms with Gasteiger partial charge < -0.3 is 34.7 Å². The first kappa shape index (κ1) is 136. The highest BCUT2D eigenvalue weighted by atomic mass is 15.2. The number of nitrogens with one attached hydrogen (secondary N) is 2. The van der Waals surface area contributed by atoms with E-state index in [1.54, 1.807) is 0 Å². The van der Waals surface area contributed by atoms with Crippen molar-refractivity contribution in [3.63, 3.8) is 0 Å². The monoisotopic (exact) mass is 1660 g/mol. The topological polar surface area (TPSA) is 50.0 Å². The molecule has 8 saturated heterocycles. The molecule has 716 valence electrons. The number of rotatable bonds is 20. The summed E-state index contributed by atoms with van der Waals surface area (Å²) in [5.74, 6) is 13.5. The van der Waals surface area contributed by atoms with Gasteiger partial charge in [-0.3, -0.25) is 15.1 Å². The maximum absolute atomic E-state index is 3.57. The molecule has 10 nitrogen and oxygen atoms in total. The lowest BCUT2D eigenvalue weighted by Crippen LogP contribution is -2.50. The normalized spacial score (nSPS) is 22.8. The fourth-order valence-corrected chi connectivity index (χ4v) is 17.0. The minimum Gasteiger partial charge on any atom is -0.304 e. The van der Waals surface area contributed by atoms with Crippen LogP contribution in [-0.2, 0) is 0 Å². The van der Waals surface area contributed by atoms with Gasteiger partial charge in [0.2, 0.25) is 0 Å². The fourth-order valence-electron chi connectivity index (χ4n) is 17.0. The Morgan fingerprint density at radius 1 is 0.353 bits per heavy atom. The first-order valence-electron chi connectivity index (χ1n) is 47.6. The molecule has 2 N–H and O–H groups in total. The van der Waals surface area contributed by atoms with E-state index in [-0.39, 0.29) is 59.4 Å². The molecule has 3 unspecified atom stereocenters. The van der Waals surface area contributed by atoms with Gasteiger partial charge in [0.25, 0.3) is 0 Å². The van der Waals surface area contributed by atoms with Crippen LogP contribution in [-0.4, -0.2) is 210 Å². The van der Waals surface area contributed by atoms with Crippen molar-refractivity contribution in [2.24, 2.45) is 88.8 Å². The second-order valence-corrected chi connectivity index (χ2v) is 42.2. The molecule has 0 bridgehead atoms. The fraction of sp³-hybridized carbons (Fsp3) is 1.00. The van der Waals surface area contributed by atoms with Crippen molar-refractivity contribution in [1.82, 2.24) is 49.8 Å². The van der Waals surface area contributed by atoms with E-state index >= 15 is 0 Å². The van der Waals surface area contributed by atoms with Crippen molar-refractivity contribution in [2.75, 3.05) is 105 Å². The molecule has 0 aromatic carbocycles. The average Bonchev–Trinajstić information content (AvgIpc) is 1.28. The summed E-state index contributed by atoms with van der Waals surface area (Å²) < 4.78 is 0. The zero-order valence-corrected chi connectivity index (χ0v) is 81.8. The highest BCUT2D eigenvalue weighted by Crippen LogP contribution is 2.31. The molecule has 0 aromatic rings. The Bertz CT molecular complexity index is 1840. The zero-order chi connectivity index (χ0) is 83.3. The molecule has 0 aliphatic carbocycles. The van der Waals surface area contributed by atoms with Crippen LogP contribution in [0.15, 0.2) is 0 Å². The van der Waals surface area contributed by atoms with E-state index in [0.717, 1.165) is 131 Å². The minimum absolute atomic E-state index is 0. The molecule has 0 saturated carbocycles. The molecule has 8 fully saturated rings. The quantitative estimate of drug-likeness (QED) is 0.123. The van der Waals surface area contributed by atoms with Crippen LogP contribution in [0.5, 0.6) is 0 Å². The van der Waals surface area contributed by atoms with Crippen molar-refractivity contribution in [3.8, 4) is 0 Å². The molecule has 0 amide bonds. The first-order valence-corrected chi connectivity index (χ1v) is 47.6. The van der Waals surface area contributed by atoms with Gasteiger partial charge in [0.15, 0.2) is 0 Å². The summed E-state index contributed by atoms with van der Waals surface area (Å²) in [6.45, 7) is 107. The molecule has 0 aromatic heterocycles. The second kappa shape index (κ2) is 75.9. The molecule has 116 heavy (non-hydrogen) atoms. The summed E-state index contributed by atoms with van der Waals surface area (Å²) in [5.41, 5.74) is 0.384. The molecule has 10 heteroatoms. The molecule has 7 atom stereocenters. The number of piperidine rings is 6. The van der Waals surface area contributed by atoms with Crippen molar-refractivity contribution < 1.29 is 0 Å². The van der Waals surface area contributed by atoms with Gasteiger partial charge in [-0.15, -0.1) is 0 Å². The third-order valence-electron chi connectivity index (χ3n) is 26.1. The van der Waals surface area contributed by atoms with Crippen LogP contribution in [0.2, 0.25) is 0 Å². The number of likely N-dealkylation sites (tertiary alicyclic amines) is 7. The van der Waals surface area contributed by atoms with Gasteiger partial charge in [-0.2, -0.15) is 0 Å². The molecule has 0 spiro atoms. The summed E-state index contributed by atoms with van der Waals surface area (Å²) in [6.07, 6.45) is 25.6. The Balaban J connectivity index is -0.000000135. The largest absolute Gasteiger partial charge is 0.304 e.